The number of benzene rings is 2. The molecule has 0 spiro atoms. The predicted molar refractivity (Wildman–Crippen MR) is 93.4 cm³/mol. The normalized spacial score (nSPS) is 15.5. The van der Waals surface area contributed by atoms with Crippen LogP contribution in [0.4, 0.5) is 0 Å². The van der Waals surface area contributed by atoms with Crippen LogP contribution in [0.5, 0.6) is 0 Å². The van der Waals surface area contributed by atoms with E-state index in [1.54, 1.807) is 0 Å². The van der Waals surface area contributed by atoms with Gasteiger partial charge in [-0.3, -0.25) is 0 Å². The second-order valence-electron chi connectivity index (χ2n) is 6.55. The second kappa shape index (κ2) is 4.73. The molecule has 0 fully saturated rings. The van der Waals surface area contributed by atoms with E-state index in [2.05, 4.69) is 76.7 Å². The van der Waals surface area contributed by atoms with Gasteiger partial charge in [0.25, 0.3) is 0 Å². The van der Waals surface area contributed by atoms with Crippen LogP contribution in [-0.4, -0.2) is 0 Å². The van der Waals surface area contributed by atoms with Crippen molar-refractivity contribution < 1.29 is 0 Å². The van der Waals surface area contributed by atoms with Crippen LogP contribution in [0.3, 0.4) is 0 Å². The van der Waals surface area contributed by atoms with Gasteiger partial charge in [-0.25, -0.2) is 0 Å². The van der Waals surface area contributed by atoms with Crippen LogP contribution in [0.25, 0.3) is 22.8 Å². The molecule has 0 aromatic heterocycles. The minimum Gasteiger partial charge on any atom is -0.0985 e. The van der Waals surface area contributed by atoms with Crippen LogP contribution in [0.15, 0.2) is 49.1 Å². The van der Waals surface area contributed by atoms with E-state index in [4.69, 9.17) is 0 Å². The van der Waals surface area contributed by atoms with Gasteiger partial charge in [0.2, 0.25) is 0 Å². The first-order chi connectivity index (χ1) is 9.94. The van der Waals surface area contributed by atoms with Crippen LogP contribution < -0.4 is 0 Å². The molecule has 106 valence electrons. The first-order valence-corrected chi connectivity index (χ1v) is 7.51. The molecule has 0 heterocycles. The van der Waals surface area contributed by atoms with E-state index in [0.29, 0.717) is 0 Å². The lowest BCUT2D eigenvalue weighted by atomic mass is 9.84. The van der Waals surface area contributed by atoms with Crippen molar-refractivity contribution in [3.63, 3.8) is 0 Å². The van der Waals surface area contributed by atoms with Gasteiger partial charge in [-0.1, -0.05) is 69.0 Å². The summed E-state index contributed by atoms with van der Waals surface area (Å²) in [7, 11) is 0. The fourth-order valence-electron chi connectivity index (χ4n) is 3.52. The Morgan fingerprint density at radius 3 is 2.48 bits per heavy atom. The van der Waals surface area contributed by atoms with Gasteiger partial charge in [0.05, 0.1) is 0 Å². The maximum absolute atomic E-state index is 3.87. The molecule has 0 nitrogen and oxygen atoms in total. The minimum absolute atomic E-state index is 0.130. The average molecular weight is 274 g/mol. The summed E-state index contributed by atoms with van der Waals surface area (Å²) < 4.78 is 0. The highest BCUT2D eigenvalue weighted by atomic mass is 14.3. The highest BCUT2D eigenvalue weighted by molar-refractivity contribution is 5.87. The molecule has 2 aromatic carbocycles. The molecule has 0 bridgehead atoms. The second-order valence-corrected chi connectivity index (χ2v) is 6.55. The number of hydrogen-bond acceptors (Lipinski definition) is 0. The molecule has 21 heavy (non-hydrogen) atoms. The Bertz CT molecular complexity index is 758. The van der Waals surface area contributed by atoms with Crippen LogP contribution in [0, 0.1) is 6.92 Å². The summed E-state index contributed by atoms with van der Waals surface area (Å²) >= 11 is 0. The Balaban J connectivity index is 2.22. The Labute approximate surface area is 127 Å². The number of fused-ring (bicyclic) bond motifs is 1. The molecule has 1 aliphatic carbocycles. The van der Waals surface area contributed by atoms with Gasteiger partial charge < -0.3 is 0 Å². The first-order valence-electron chi connectivity index (χ1n) is 7.51. The largest absolute Gasteiger partial charge is 0.0985 e. The number of allylic oxidation sites excluding steroid dienone is 2. The molecule has 3 rings (SSSR count). The van der Waals surface area contributed by atoms with E-state index >= 15 is 0 Å². The lowest BCUT2D eigenvalue weighted by Crippen LogP contribution is -2.10. The van der Waals surface area contributed by atoms with Gasteiger partial charge >= 0.3 is 0 Å². The molecule has 2 aromatic rings. The van der Waals surface area contributed by atoms with Crippen molar-refractivity contribution in [2.45, 2.75) is 33.1 Å². The highest BCUT2D eigenvalue weighted by Gasteiger charge is 2.29. The van der Waals surface area contributed by atoms with Crippen molar-refractivity contribution in [2.75, 3.05) is 0 Å². The SMILES string of the molecule is C=Cc1ccc(-c2cccc3c2C(C)=CC3(C)C)cc1C. The maximum atomic E-state index is 3.87. The number of hydrogen-bond donors (Lipinski definition) is 0. The summed E-state index contributed by atoms with van der Waals surface area (Å²) in [6.45, 7) is 12.8. The van der Waals surface area contributed by atoms with Crippen LogP contribution >= 0.6 is 0 Å². The molecule has 0 aliphatic heterocycles. The third kappa shape index (κ3) is 2.15. The van der Waals surface area contributed by atoms with Crippen LogP contribution in [-0.2, 0) is 5.41 Å². The van der Waals surface area contributed by atoms with Crippen molar-refractivity contribution in [1.82, 2.24) is 0 Å². The Morgan fingerprint density at radius 1 is 1.05 bits per heavy atom. The molecule has 0 unspecified atom stereocenters. The molecular weight excluding hydrogens is 252 g/mol. The van der Waals surface area contributed by atoms with Crippen molar-refractivity contribution in [2.24, 2.45) is 0 Å². The summed E-state index contributed by atoms with van der Waals surface area (Å²) in [5.41, 5.74) is 9.47. The molecule has 0 radical (unpaired) electrons. The molecule has 0 saturated carbocycles. The van der Waals surface area contributed by atoms with Crippen LogP contribution in [0.2, 0.25) is 0 Å². The number of rotatable bonds is 2. The summed E-state index contributed by atoms with van der Waals surface area (Å²) in [4.78, 5) is 0. The molecular formula is C21H22. The molecule has 0 saturated heterocycles. The number of aryl methyl sites for hydroxylation is 1. The molecule has 0 heteroatoms. The Kier molecular flexibility index (Phi) is 3.13. The first kappa shape index (κ1) is 13.9. The van der Waals surface area contributed by atoms with Crippen molar-refractivity contribution in [1.29, 1.82) is 0 Å². The zero-order valence-corrected chi connectivity index (χ0v) is 13.3. The monoisotopic (exact) mass is 274 g/mol. The van der Waals surface area contributed by atoms with Crippen molar-refractivity contribution >= 4 is 11.6 Å². The third-order valence-electron chi connectivity index (χ3n) is 4.53. The van der Waals surface area contributed by atoms with Gasteiger partial charge in [-0.2, -0.15) is 0 Å². The highest BCUT2D eigenvalue weighted by Crippen LogP contribution is 2.44. The van der Waals surface area contributed by atoms with Gasteiger partial charge in [-0.15, -0.1) is 0 Å². The fraction of sp³-hybridized carbons (Fsp3) is 0.238. The summed E-state index contributed by atoms with van der Waals surface area (Å²) in [6.07, 6.45) is 4.30. The maximum Gasteiger partial charge on any atom is 0.00874 e. The lowest BCUT2D eigenvalue weighted by molar-refractivity contribution is 0.683. The van der Waals surface area contributed by atoms with E-state index in [0.717, 1.165) is 0 Å². The fourth-order valence-corrected chi connectivity index (χ4v) is 3.52. The van der Waals surface area contributed by atoms with E-state index in [9.17, 15) is 0 Å². The quantitative estimate of drug-likeness (QED) is 0.630. The Morgan fingerprint density at radius 2 is 1.81 bits per heavy atom. The molecule has 0 N–H and O–H groups in total. The van der Waals surface area contributed by atoms with E-state index in [-0.39, 0.29) is 5.41 Å². The predicted octanol–water partition coefficient (Wildman–Crippen LogP) is 6.00. The van der Waals surface area contributed by atoms with Crippen molar-refractivity contribution in [3.8, 4) is 11.1 Å². The minimum atomic E-state index is 0.130. The smallest absolute Gasteiger partial charge is 0.00874 e. The standard InChI is InChI=1S/C21H22/c1-6-16-10-11-17(12-14(16)2)18-8-7-9-19-20(18)15(3)13-21(19,4)5/h6-13H,1H2,2-5H3. The summed E-state index contributed by atoms with van der Waals surface area (Å²) in [5.74, 6) is 0. The summed E-state index contributed by atoms with van der Waals surface area (Å²) in [5, 5.41) is 0. The Hall–Kier alpha value is -2.08. The zero-order valence-electron chi connectivity index (χ0n) is 13.3. The van der Waals surface area contributed by atoms with Gasteiger partial charge in [0.1, 0.15) is 0 Å². The molecule has 1 aliphatic rings. The van der Waals surface area contributed by atoms with Crippen molar-refractivity contribution in [3.05, 3.63) is 71.3 Å². The zero-order chi connectivity index (χ0) is 15.2. The summed E-state index contributed by atoms with van der Waals surface area (Å²) in [6, 6.07) is 13.3. The van der Waals surface area contributed by atoms with Crippen LogP contribution in [0.1, 0.15) is 43.0 Å². The molecule has 0 atom stereocenters. The van der Waals surface area contributed by atoms with E-state index < -0.39 is 0 Å². The third-order valence-corrected chi connectivity index (χ3v) is 4.53. The van der Waals surface area contributed by atoms with E-state index in [1.165, 1.54) is 39.0 Å². The topological polar surface area (TPSA) is 0 Å². The van der Waals surface area contributed by atoms with E-state index in [1.807, 2.05) is 6.08 Å². The van der Waals surface area contributed by atoms with Gasteiger partial charge in [-0.05, 0) is 52.8 Å². The van der Waals surface area contributed by atoms with Gasteiger partial charge in [0, 0.05) is 5.41 Å². The molecule has 0 amide bonds. The average Bonchev–Trinajstić information content (AvgIpc) is 2.69. The lowest BCUT2D eigenvalue weighted by Gasteiger charge is -2.19. The van der Waals surface area contributed by atoms with Gasteiger partial charge in [0.15, 0.2) is 0 Å².